The second-order valence-electron chi connectivity index (χ2n) is 5.21. The lowest BCUT2D eigenvalue weighted by Crippen LogP contribution is -2.15. The Hall–Kier alpha value is -3.28. The van der Waals surface area contributed by atoms with Crippen LogP contribution in [0.2, 0.25) is 0 Å². The highest BCUT2D eigenvalue weighted by Gasteiger charge is 2.25. The summed E-state index contributed by atoms with van der Waals surface area (Å²) in [5, 5.41) is 0. The van der Waals surface area contributed by atoms with Crippen molar-refractivity contribution in [3.8, 4) is 0 Å². The molecule has 0 fully saturated rings. The molecule has 0 aliphatic heterocycles. The topological polar surface area (TPSA) is 86.7 Å². The summed E-state index contributed by atoms with van der Waals surface area (Å²) in [6.07, 6.45) is 0.125. The van der Waals surface area contributed by atoms with Gasteiger partial charge in [0.25, 0.3) is 0 Å². The Morgan fingerprint density at radius 2 is 1.46 bits per heavy atom. The molecule has 0 aromatic heterocycles. The lowest BCUT2D eigenvalue weighted by atomic mass is 10.0. The average molecular weight is 324 g/mol. The minimum absolute atomic E-state index is 0.0242. The number of hydrogen-bond acceptors (Lipinski definition) is 6. The monoisotopic (exact) mass is 324 g/mol. The molecule has 6 nitrogen and oxygen atoms in total. The molecule has 0 heterocycles. The largest absolute Gasteiger partial charge is 0.387 e. The zero-order valence-electron chi connectivity index (χ0n) is 12.5. The van der Waals surface area contributed by atoms with Gasteiger partial charge in [0.15, 0.2) is 11.6 Å². The zero-order valence-corrected chi connectivity index (χ0v) is 12.5. The minimum Gasteiger partial charge on any atom is -0.294 e. The molecule has 2 aromatic carbocycles. The summed E-state index contributed by atoms with van der Waals surface area (Å²) in [6.45, 7) is 0. The predicted molar refractivity (Wildman–Crippen MR) is 81.6 cm³/mol. The van der Waals surface area contributed by atoms with Crippen molar-refractivity contribution in [2.75, 3.05) is 0 Å². The van der Waals surface area contributed by atoms with Gasteiger partial charge in [-0.15, -0.1) is 0 Å². The molecule has 1 aliphatic rings. The number of rotatable bonds is 2. The molecule has 0 saturated heterocycles. The average Bonchev–Trinajstić information content (AvgIpc) is 2.73. The number of hydrogen-bond donors (Lipinski definition) is 0. The molecule has 0 N–H and O–H groups in total. The Morgan fingerprint density at radius 3 is 2.21 bits per heavy atom. The first-order valence-electron chi connectivity index (χ1n) is 7.25. The van der Waals surface area contributed by atoms with Gasteiger partial charge in [-0.05, 0) is 24.3 Å². The van der Waals surface area contributed by atoms with Crippen LogP contribution < -0.4 is 0 Å². The first-order valence-corrected chi connectivity index (χ1v) is 7.25. The van der Waals surface area contributed by atoms with E-state index >= 15 is 0 Å². The van der Waals surface area contributed by atoms with Crippen LogP contribution >= 0.6 is 0 Å². The van der Waals surface area contributed by atoms with Crippen LogP contribution in [0.3, 0.4) is 0 Å². The third kappa shape index (κ3) is 3.08. The standard InChI is InChI=1S/C18H12O6/c19-15-8-9-16(20)14-10-12(15)6-7-13(14)18(22)24-23-17(21)11-4-2-1-3-5-11/h1-7,10H,8-9H2. The van der Waals surface area contributed by atoms with Crippen molar-refractivity contribution in [1.29, 1.82) is 0 Å². The Kier molecular flexibility index (Phi) is 4.20. The molecule has 0 spiro atoms. The van der Waals surface area contributed by atoms with Gasteiger partial charge < -0.3 is 0 Å². The van der Waals surface area contributed by atoms with Crippen molar-refractivity contribution in [2.24, 2.45) is 0 Å². The Morgan fingerprint density at radius 1 is 0.792 bits per heavy atom. The number of carbonyl (C=O) groups excluding carboxylic acids is 4. The van der Waals surface area contributed by atoms with Gasteiger partial charge in [-0.25, -0.2) is 19.4 Å². The summed E-state index contributed by atoms with van der Waals surface area (Å²) < 4.78 is 0. The summed E-state index contributed by atoms with van der Waals surface area (Å²) >= 11 is 0. The Labute approximate surface area is 136 Å². The van der Waals surface area contributed by atoms with Gasteiger partial charge in [0.2, 0.25) is 0 Å². The van der Waals surface area contributed by atoms with Gasteiger partial charge in [0.05, 0.1) is 11.1 Å². The van der Waals surface area contributed by atoms with Gasteiger partial charge in [0.1, 0.15) is 0 Å². The maximum absolute atomic E-state index is 12.1. The van der Waals surface area contributed by atoms with Crippen LogP contribution in [0.4, 0.5) is 0 Å². The summed E-state index contributed by atoms with van der Waals surface area (Å²) in [6, 6.07) is 12.2. The molecular weight excluding hydrogens is 312 g/mol. The van der Waals surface area contributed by atoms with E-state index in [0.29, 0.717) is 5.56 Å². The van der Waals surface area contributed by atoms with Crippen LogP contribution in [0.25, 0.3) is 0 Å². The van der Waals surface area contributed by atoms with Crippen LogP contribution in [0.15, 0.2) is 48.5 Å². The third-order valence-corrected chi connectivity index (χ3v) is 3.64. The molecule has 2 bridgehead atoms. The highest BCUT2D eigenvalue weighted by atomic mass is 17.2. The Balaban J connectivity index is 1.76. The van der Waals surface area contributed by atoms with Gasteiger partial charge in [-0.3, -0.25) is 9.59 Å². The molecule has 2 aromatic rings. The van der Waals surface area contributed by atoms with E-state index in [4.69, 9.17) is 0 Å². The smallest absolute Gasteiger partial charge is 0.294 e. The molecule has 0 unspecified atom stereocenters. The van der Waals surface area contributed by atoms with E-state index in [1.165, 1.54) is 30.3 Å². The molecule has 0 saturated carbocycles. The van der Waals surface area contributed by atoms with E-state index in [9.17, 15) is 19.2 Å². The highest BCUT2D eigenvalue weighted by Crippen LogP contribution is 2.22. The van der Waals surface area contributed by atoms with E-state index in [2.05, 4.69) is 9.78 Å². The number of carbonyl (C=O) groups is 4. The number of Topliss-reactive ketones (excluding diaryl/α,β-unsaturated/α-hetero) is 2. The SMILES string of the molecule is O=C1CCC(=O)c2cc1ccc2C(=O)OOC(=O)c1ccccc1. The molecule has 24 heavy (non-hydrogen) atoms. The fourth-order valence-electron chi connectivity index (χ4n) is 2.38. The van der Waals surface area contributed by atoms with E-state index in [1.807, 2.05) is 0 Å². The van der Waals surface area contributed by atoms with Crippen molar-refractivity contribution in [3.63, 3.8) is 0 Å². The van der Waals surface area contributed by atoms with E-state index in [0.717, 1.165) is 0 Å². The lowest BCUT2D eigenvalue weighted by Gasteiger charge is -2.07. The molecule has 6 heteroatoms. The quantitative estimate of drug-likeness (QED) is 0.623. The fraction of sp³-hybridized carbons (Fsp3) is 0.111. The van der Waals surface area contributed by atoms with E-state index in [-0.39, 0.29) is 41.1 Å². The molecule has 0 atom stereocenters. The summed E-state index contributed by atoms with van der Waals surface area (Å²) in [5.41, 5.74) is 0.646. The number of ketones is 2. The normalized spacial score (nSPS) is 13.2. The minimum atomic E-state index is -0.969. The second kappa shape index (κ2) is 6.45. The first-order chi connectivity index (χ1) is 11.6. The van der Waals surface area contributed by atoms with E-state index < -0.39 is 11.9 Å². The maximum Gasteiger partial charge on any atom is 0.387 e. The molecular formula is C18H12O6. The van der Waals surface area contributed by atoms with Gasteiger partial charge in [-0.1, -0.05) is 24.3 Å². The summed E-state index contributed by atoms with van der Waals surface area (Å²) in [4.78, 5) is 56.7. The molecule has 0 radical (unpaired) electrons. The van der Waals surface area contributed by atoms with Gasteiger partial charge >= 0.3 is 11.9 Å². The van der Waals surface area contributed by atoms with Crippen LogP contribution in [0, 0.1) is 0 Å². The number of benzene rings is 2. The maximum atomic E-state index is 12.1. The summed E-state index contributed by atoms with van der Waals surface area (Å²) in [5.74, 6) is -2.28. The van der Waals surface area contributed by atoms with Crippen molar-refractivity contribution in [3.05, 3.63) is 70.8 Å². The number of fused-ring (bicyclic) bond motifs is 2. The predicted octanol–water partition coefficient (Wildman–Crippen LogP) is 2.77. The highest BCUT2D eigenvalue weighted by molar-refractivity contribution is 6.12. The lowest BCUT2D eigenvalue weighted by molar-refractivity contribution is -0.187. The second-order valence-corrected chi connectivity index (χ2v) is 5.21. The fourth-order valence-corrected chi connectivity index (χ4v) is 2.38. The van der Waals surface area contributed by atoms with Gasteiger partial charge in [0, 0.05) is 24.0 Å². The van der Waals surface area contributed by atoms with Crippen molar-refractivity contribution in [1.82, 2.24) is 0 Å². The van der Waals surface area contributed by atoms with Crippen molar-refractivity contribution >= 4 is 23.5 Å². The Bertz CT molecular complexity index is 838. The molecule has 0 amide bonds. The van der Waals surface area contributed by atoms with Crippen LogP contribution in [0.1, 0.15) is 54.3 Å². The first kappa shape index (κ1) is 15.6. The third-order valence-electron chi connectivity index (χ3n) is 3.64. The van der Waals surface area contributed by atoms with Crippen molar-refractivity contribution in [2.45, 2.75) is 12.8 Å². The van der Waals surface area contributed by atoms with Crippen LogP contribution in [-0.2, 0) is 9.78 Å². The molecule has 1 aliphatic carbocycles. The van der Waals surface area contributed by atoms with Crippen LogP contribution in [0.5, 0.6) is 0 Å². The van der Waals surface area contributed by atoms with Crippen molar-refractivity contribution < 1.29 is 29.0 Å². The molecule has 3 rings (SSSR count). The molecule has 120 valence electrons. The van der Waals surface area contributed by atoms with Crippen LogP contribution in [-0.4, -0.2) is 23.5 Å². The zero-order chi connectivity index (χ0) is 17.1. The van der Waals surface area contributed by atoms with E-state index in [1.54, 1.807) is 18.2 Å². The summed E-state index contributed by atoms with van der Waals surface area (Å²) in [7, 11) is 0. The van der Waals surface area contributed by atoms with Gasteiger partial charge in [-0.2, -0.15) is 0 Å².